The topological polar surface area (TPSA) is 54.4 Å². The number of likely N-dealkylation sites (N-methyl/N-ethyl adjacent to an activating group) is 1. The molecule has 1 rings (SSSR count). The summed E-state index contributed by atoms with van der Waals surface area (Å²) in [7, 11) is 1.60. The van der Waals surface area contributed by atoms with Crippen molar-refractivity contribution >= 4 is 24.1 Å². The molecule has 0 aromatic heterocycles. The molecule has 0 saturated carbocycles. The van der Waals surface area contributed by atoms with Crippen LogP contribution in [0.1, 0.15) is 13.8 Å². The van der Waals surface area contributed by atoms with Gasteiger partial charge in [0.1, 0.15) is 0 Å². The Morgan fingerprint density at radius 1 is 1.69 bits per heavy atom. The molecule has 1 aliphatic rings. The highest BCUT2D eigenvalue weighted by Crippen LogP contribution is 2.44. The van der Waals surface area contributed by atoms with Gasteiger partial charge in [0.25, 0.3) is 0 Å². The second-order valence-corrected chi connectivity index (χ2v) is 5.02. The van der Waals surface area contributed by atoms with Gasteiger partial charge in [-0.05, 0) is 0 Å². The van der Waals surface area contributed by atoms with E-state index in [1.54, 1.807) is 7.05 Å². The van der Waals surface area contributed by atoms with E-state index in [1.807, 2.05) is 13.8 Å². The summed E-state index contributed by atoms with van der Waals surface area (Å²) in [6, 6.07) is 0. The van der Waals surface area contributed by atoms with E-state index >= 15 is 0 Å². The molecule has 1 unspecified atom stereocenters. The molecule has 1 heterocycles. The van der Waals surface area contributed by atoms with Crippen molar-refractivity contribution in [3.63, 3.8) is 0 Å². The largest absolute Gasteiger partial charge is 0.474 e. The van der Waals surface area contributed by atoms with Crippen molar-refractivity contribution in [2.45, 2.75) is 18.7 Å². The zero-order chi connectivity index (χ0) is 10.3. The third-order valence-corrected chi connectivity index (χ3v) is 3.81. The normalized spacial score (nSPS) is 31.2. The maximum atomic E-state index is 10.9. The summed E-state index contributed by atoms with van der Waals surface area (Å²) < 4.78 is -0.188. The Hall–Kier alpha value is -0.810. The van der Waals surface area contributed by atoms with Crippen molar-refractivity contribution in [3.05, 3.63) is 11.1 Å². The lowest BCUT2D eigenvalue weighted by Crippen LogP contribution is -2.53. The molecular formula is C8H12NO3S+. The first kappa shape index (κ1) is 10.3. The molecular weight excluding hydrogens is 190 g/mol. The van der Waals surface area contributed by atoms with Crippen LogP contribution in [0.15, 0.2) is 11.1 Å². The summed E-state index contributed by atoms with van der Waals surface area (Å²) in [6.45, 7) is 3.69. The average molecular weight is 202 g/mol. The maximum Gasteiger partial charge on any atom is 0.391 e. The molecule has 1 amide bonds. The lowest BCUT2D eigenvalue weighted by molar-refractivity contribution is -0.813. The number of amides is 1. The molecule has 0 bridgehead atoms. The van der Waals surface area contributed by atoms with Crippen LogP contribution in [0.4, 0.5) is 0 Å². The number of carbonyl (C=O) groups excluding carboxylic acids is 1. The summed E-state index contributed by atoms with van der Waals surface area (Å²) >= 11 is 1.37. The number of quaternary nitrogens is 1. The minimum atomic E-state index is -1.03. The fourth-order valence-electron chi connectivity index (χ4n) is 1.14. The molecule has 1 aliphatic heterocycles. The third-order valence-electron chi connectivity index (χ3n) is 2.51. The number of carbonyl (C=O) groups is 2. The maximum absolute atomic E-state index is 10.9. The summed E-state index contributed by atoms with van der Waals surface area (Å²) in [5.74, 6) is -1.03. The fourth-order valence-corrected chi connectivity index (χ4v) is 2.22. The Morgan fingerprint density at radius 3 is 2.54 bits per heavy atom. The average Bonchev–Trinajstić information content (AvgIpc) is 2.25. The van der Waals surface area contributed by atoms with Gasteiger partial charge in [-0.2, -0.15) is 0 Å². The van der Waals surface area contributed by atoms with Gasteiger partial charge in [-0.1, -0.05) is 11.8 Å². The zero-order valence-electron chi connectivity index (χ0n) is 7.77. The van der Waals surface area contributed by atoms with E-state index in [1.165, 1.54) is 17.2 Å². The predicted octanol–water partition coefficient (Wildman–Crippen LogP) is 0.998. The summed E-state index contributed by atoms with van der Waals surface area (Å²) in [4.78, 5) is 21.3. The summed E-state index contributed by atoms with van der Waals surface area (Å²) in [5, 5.41) is 10.4. The van der Waals surface area contributed by atoms with Gasteiger partial charge in [0.2, 0.25) is 5.70 Å². The molecule has 0 saturated heterocycles. The van der Waals surface area contributed by atoms with Crippen molar-refractivity contribution in [1.29, 1.82) is 0 Å². The molecule has 0 radical (unpaired) electrons. The van der Waals surface area contributed by atoms with Crippen molar-refractivity contribution in [3.8, 4) is 0 Å². The SMILES string of the molecule is CC1(C)SC=C(C(=O)O)[N+]1(C)C=O. The first-order chi connectivity index (χ1) is 5.85. The third kappa shape index (κ3) is 1.28. The molecule has 0 spiro atoms. The van der Waals surface area contributed by atoms with Crippen molar-refractivity contribution in [2.75, 3.05) is 7.05 Å². The number of carboxylic acids is 1. The molecule has 0 aromatic carbocycles. The minimum Gasteiger partial charge on any atom is -0.474 e. The Bertz CT molecular complexity index is 298. The van der Waals surface area contributed by atoms with Gasteiger partial charge < -0.3 is 5.11 Å². The van der Waals surface area contributed by atoms with Crippen LogP contribution in [0.2, 0.25) is 0 Å². The Kier molecular flexibility index (Phi) is 2.25. The number of nitrogens with zero attached hydrogens (tertiary/aromatic N) is 1. The molecule has 4 nitrogen and oxygen atoms in total. The van der Waals surface area contributed by atoms with Crippen molar-refractivity contribution in [1.82, 2.24) is 0 Å². The van der Waals surface area contributed by atoms with E-state index in [9.17, 15) is 9.59 Å². The smallest absolute Gasteiger partial charge is 0.391 e. The standard InChI is InChI=1S/C8H11NO3S/c1-8(2)9(3,5-10)6(4-13-8)7(11)12/h4-5H,1-3H3/p+1. The van der Waals surface area contributed by atoms with Gasteiger partial charge in [-0.15, -0.1) is 0 Å². The fraction of sp³-hybridized carbons (Fsp3) is 0.500. The van der Waals surface area contributed by atoms with Gasteiger partial charge in [0.05, 0.1) is 7.05 Å². The summed E-state index contributed by atoms with van der Waals surface area (Å²) in [5.41, 5.74) is 0.130. The zero-order valence-corrected chi connectivity index (χ0v) is 8.59. The van der Waals surface area contributed by atoms with Crippen molar-refractivity contribution in [2.24, 2.45) is 0 Å². The van der Waals surface area contributed by atoms with Crippen LogP contribution >= 0.6 is 11.8 Å². The molecule has 1 N–H and O–H groups in total. The lowest BCUT2D eigenvalue weighted by Gasteiger charge is -2.35. The van der Waals surface area contributed by atoms with E-state index in [-0.39, 0.29) is 10.2 Å². The summed E-state index contributed by atoms with van der Waals surface area (Å²) in [6.07, 6.45) is 0.667. The molecule has 0 aromatic rings. The van der Waals surface area contributed by atoms with Gasteiger partial charge >= 0.3 is 12.4 Å². The highest BCUT2D eigenvalue weighted by molar-refractivity contribution is 8.03. The number of thioether (sulfide) groups is 1. The quantitative estimate of drug-likeness (QED) is 0.536. The van der Waals surface area contributed by atoms with Crippen LogP contribution in [0.3, 0.4) is 0 Å². The molecule has 0 aliphatic carbocycles. The van der Waals surface area contributed by atoms with Crippen LogP contribution in [0.25, 0.3) is 0 Å². The first-order valence-corrected chi connectivity index (χ1v) is 4.67. The van der Waals surface area contributed by atoms with E-state index in [2.05, 4.69) is 0 Å². The van der Waals surface area contributed by atoms with Gasteiger partial charge in [0, 0.05) is 19.3 Å². The number of rotatable bonds is 2. The molecule has 13 heavy (non-hydrogen) atoms. The Labute approximate surface area is 80.8 Å². The Balaban J connectivity index is 3.17. The second-order valence-electron chi connectivity index (χ2n) is 3.55. The van der Waals surface area contributed by atoms with Crippen LogP contribution < -0.4 is 0 Å². The highest BCUT2D eigenvalue weighted by atomic mass is 32.2. The van der Waals surface area contributed by atoms with Crippen LogP contribution in [-0.4, -0.2) is 33.9 Å². The minimum absolute atomic E-state index is 0.130. The number of aliphatic carboxylic acids is 1. The molecule has 1 atom stereocenters. The van der Waals surface area contributed by atoms with E-state index < -0.39 is 10.8 Å². The van der Waals surface area contributed by atoms with Crippen molar-refractivity contribution < 1.29 is 19.2 Å². The number of hydrogen-bond acceptors (Lipinski definition) is 3. The van der Waals surface area contributed by atoms with Gasteiger partial charge in [-0.25, -0.2) is 14.1 Å². The number of hydrogen-bond donors (Lipinski definition) is 1. The Morgan fingerprint density at radius 2 is 2.23 bits per heavy atom. The predicted molar refractivity (Wildman–Crippen MR) is 49.6 cm³/mol. The van der Waals surface area contributed by atoms with Crippen LogP contribution in [0, 0.1) is 0 Å². The van der Waals surface area contributed by atoms with Crippen LogP contribution in [-0.2, 0) is 9.59 Å². The lowest BCUT2D eigenvalue weighted by atomic mass is 10.2. The molecule has 0 fully saturated rings. The molecule has 72 valence electrons. The monoisotopic (exact) mass is 202 g/mol. The van der Waals surface area contributed by atoms with E-state index in [0.717, 1.165) is 0 Å². The van der Waals surface area contributed by atoms with Crippen LogP contribution in [0.5, 0.6) is 0 Å². The number of carboxylic acid groups (broad SMARTS) is 1. The second kappa shape index (κ2) is 2.85. The molecule has 5 heteroatoms. The van der Waals surface area contributed by atoms with E-state index in [0.29, 0.717) is 6.41 Å². The highest BCUT2D eigenvalue weighted by Gasteiger charge is 2.52. The van der Waals surface area contributed by atoms with E-state index in [4.69, 9.17) is 5.11 Å². The first-order valence-electron chi connectivity index (χ1n) is 3.79. The van der Waals surface area contributed by atoms with Gasteiger partial charge in [-0.3, -0.25) is 0 Å². The van der Waals surface area contributed by atoms with Gasteiger partial charge in [0.15, 0.2) is 4.87 Å².